The van der Waals surface area contributed by atoms with Gasteiger partial charge in [0.2, 0.25) is 0 Å². The summed E-state index contributed by atoms with van der Waals surface area (Å²) in [5.41, 5.74) is -3.05. The highest BCUT2D eigenvalue weighted by molar-refractivity contribution is 6.06. The van der Waals surface area contributed by atoms with Crippen LogP contribution in [-0.4, -0.2) is 26.2 Å². The van der Waals surface area contributed by atoms with Crippen LogP contribution in [0, 0.1) is 40.7 Å². The van der Waals surface area contributed by atoms with E-state index in [0.717, 1.165) is 38.6 Å². The second-order valence-corrected chi connectivity index (χ2v) is 6.11. The molecule has 12 heteroatoms. The first kappa shape index (κ1) is 22.8. The summed E-state index contributed by atoms with van der Waals surface area (Å²) in [6.07, 6.45) is 3.94. The molecular weight excluding hydrogens is 451 g/mol. The van der Waals surface area contributed by atoms with Crippen LogP contribution in [0.2, 0.25) is 0 Å². The fraction of sp³-hybridized carbons (Fsp3) is 0.100. The molecule has 0 N–H and O–H groups in total. The van der Waals surface area contributed by atoms with Crippen molar-refractivity contribution in [1.29, 1.82) is 0 Å². The Morgan fingerprint density at radius 3 is 1.72 bits per heavy atom. The maximum absolute atomic E-state index is 15.2. The Labute approximate surface area is 174 Å². The highest BCUT2D eigenvalue weighted by atomic mass is 19.2. The van der Waals surface area contributed by atoms with Crippen LogP contribution in [0.25, 0.3) is 10.8 Å². The smallest absolute Gasteiger partial charge is 0.355 e. The van der Waals surface area contributed by atoms with Crippen LogP contribution in [-0.2, 0) is 19.1 Å². The number of carbonyl (C=O) groups is 2. The molecular formula is C20H10F7NO4. The minimum absolute atomic E-state index is 0.268. The number of rotatable bonds is 3. The predicted molar refractivity (Wildman–Crippen MR) is 95.5 cm³/mol. The third-order valence-electron chi connectivity index (χ3n) is 4.44. The minimum Gasteiger partial charge on any atom is -0.465 e. The molecule has 2 aromatic carbocycles. The first-order valence-electron chi connectivity index (χ1n) is 8.45. The average Bonchev–Trinajstić information content (AvgIpc) is 3.00. The van der Waals surface area contributed by atoms with E-state index in [0.29, 0.717) is 0 Å². The van der Waals surface area contributed by atoms with Crippen LogP contribution in [0.15, 0.2) is 35.7 Å². The Morgan fingerprint density at radius 1 is 0.688 bits per heavy atom. The number of anilines is 1. The van der Waals surface area contributed by atoms with Crippen LogP contribution in [0.4, 0.5) is 36.4 Å². The fourth-order valence-electron chi connectivity index (χ4n) is 3.02. The van der Waals surface area contributed by atoms with Crippen molar-refractivity contribution in [3.8, 4) is 0 Å². The largest absolute Gasteiger partial charge is 0.465 e. The van der Waals surface area contributed by atoms with Crippen molar-refractivity contribution in [3.63, 3.8) is 0 Å². The first-order valence-corrected chi connectivity index (χ1v) is 8.45. The second kappa shape index (κ2) is 8.36. The summed E-state index contributed by atoms with van der Waals surface area (Å²) in [5, 5.41) is -3.58. The van der Waals surface area contributed by atoms with Crippen LogP contribution in [0.3, 0.4) is 0 Å². The van der Waals surface area contributed by atoms with Crippen LogP contribution in [0.5, 0.6) is 0 Å². The van der Waals surface area contributed by atoms with E-state index in [4.69, 9.17) is 0 Å². The molecule has 0 radical (unpaired) electrons. The van der Waals surface area contributed by atoms with Crippen molar-refractivity contribution in [3.05, 3.63) is 76.4 Å². The fourth-order valence-corrected chi connectivity index (χ4v) is 3.02. The molecule has 0 saturated heterocycles. The number of carbonyl (C=O) groups excluding carboxylic acids is 2. The van der Waals surface area contributed by atoms with Crippen molar-refractivity contribution in [2.75, 3.05) is 19.1 Å². The van der Waals surface area contributed by atoms with E-state index in [1.165, 1.54) is 0 Å². The lowest BCUT2D eigenvalue weighted by atomic mass is 10.0. The molecule has 3 rings (SSSR count). The van der Waals surface area contributed by atoms with Crippen LogP contribution < -0.4 is 4.90 Å². The van der Waals surface area contributed by atoms with Gasteiger partial charge in [-0.1, -0.05) is 6.08 Å². The lowest BCUT2D eigenvalue weighted by Gasteiger charge is -2.25. The quantitative estimate of drug-likeness (QED) is 0.295. The van der Waals surface area contributed by atoms with Gasteiger partial charge in [-0.3, -0.25) is 0 Å². The maximum atomic E-state index is 15.2. The van der Waals surface area contributed by atoms with Crippen molar-refractivity contribution in [2.45, 2.75) is 0 Å². The van der Waals surface area contributed by atoms with Gasteiger partial charge in [0.05, 0.1) is 30.6 Å². The molecule has 32 heavy (non-hydrogen) atoms. The molecule has 2 aromatic rings. The summed E-state index contributed by atoms with van der Waals surface area (Å²) in [5.74, 6) is -18.8. The molecule has 0 unspecified atom stereocenters. The highest BCUT2D eigenvalue weighted by Crippen LogP contribution is 2.40. The Balaban J connectivity index is 2.50. The minimum atomic E-state index is -2.48. The molecule has 5 nitrogen and oxygen atoms in total. The Kier molecular flexibility index (Phi) is 5.97. The Hall–Kier alpha value is -3.83. The zero-order valence-electron chi connectivity index (χ0n) is 16.0. The number of ether oxygens (including phenoxy) is 2. The van der Waals surface area contributed by atoms with E-state index in [-0.39, 0.29) is 4.90 Å². The molecule has 0 atom stereocenters. The van der Waals surface area contributed by atoms with Gasteiger partial charge >= 0.3 is 11.9 Å². The molecule has 0 saturated carbocycles. The van der Waals surface area contributed by atoms with Gasteiger partial charge in [-0.05, 0) is 12.2 Å². The van der Waals surface area contributed by atoms with Crippen molar-refractivity contribution in [2.24, 2.45) is 0 Å². The zero-order chi connectivity index (χ0) is 23.9. The molecule has 0 spiro atoms. The average molecular weight is 461 g/mol. The lowest BCUT2D eigenvalue weighted by molar-refractivity contribution is -0.139. The second-order valence-electron chi connectivity index (χ2n) is 6.11. The summed E-state index contributed by atoms with van der Waals surface area (Å²) in [7, 11) is 1.77. The summed E-state index contributed by atoms with van der Waals surface area (Å²) < 4.78 is 109. The number of fused-ring (bicyclic) bond motifs is 1. The summed E-state index contributed by atoms with van der Waals surface area (Å²) in [6.45, 7) is 0. The van der Waals surface area contributed by atoms with Gasteiger partial charge in [0.25, 0.3) is 0 Å². The third kappa shape index (κ3) is 3.27. The topological polar surface area (TPSA) is 55.8 Å². The van der Waals surface area contributed by atoms with Gasteiger partial charge in [-0.25, -0.2) is 40.3 Å². The maximum Gasteiger partial charge on any atom is 0.355 e. The highest BCUT2D eigenvalue weighted by Gasteiger charge is 2.36. The molecule has 0 aromatic heterocycles. The Morgan fingerprint density at radius 2 is 1.19 bits per heavy atom. The van der Waals surface area contributed by atoms with E-state index < -0.39 is 80.4 Å². The van der Waals surface area contributed by atoms with Gasteiger partial charge < -0.3 is 14.4 Å². The van der Waals surface area contributed by atoms with Gasteiger partial charge in [-0.15, -0.1) is 0 Å². The number of esters is 2. The van der Waals surface area contributed by atoms with E-state index >= 15 is 4.39 Å². The SMILES string of the molecule is COC(=O)C1=C(C(=O)OC)N(c2c(F)c(F)c3c(F)c(F)c(F)c(F)c3c2F)C=CC=C1. The van der Waals surface area contributed by atoms with E-state index in [1.54, 1.807) is 0 Å². The van der Waals surface area contributed by atoms with Gasteiger partial charge in [0.1, 0.15) is 11.4 Å². The van der Waals surface area contributed by atoms with Crippen molar-refractivity contribution in [1.82, 2.24) is 0 Å². The van der Waals surface area contributed by atoms with Crippen molar-refractivity contribution >= 4 is 28.4 Å². The molecule has 1 heterocycles. The number of allylic oxidation sites excluding steroid dienone is 2. The predicted octanol–water partition coefficient (Wildman–Crippen LogP) is 4.30. The molecule has 168 valence electrons. The van der Waals surface area contributed by atoms with Gasteiger partial charge in [0, 0.05) is 6.20 Å². The normalized spacial score (nSPS) is 13.6. The number of methoxy groups -OCH3 is 2. The van der Waals surface area contributed by atoms with Crippen LogP contribution >= 0.6 is 0 Å². The first-order chi connectivity index (χ1) is 15.1. The molecule has 0 bridgehead atoms. The number of halogens is 7. The van der Waals surface area contributed by atoms with Gasteiger partial charge in [-0.2, -0.15) is 0 Å². The number of hydrogen-bond donors (Lipinski definition) is 0. The van der Waals surface area contributed by atoms with Crippen LogP contribution in [0.1, 0.15) is 0 Å². The summed E-state index contributed by atoms with van der Waals surface area (Å²) in [6, 6.07) is 0. The van der Waals surface area contributed by atoms with E-state index in [9.17, 15) is 35.9 Å². The van der Waals surface area contributed by atoms with Crippen molar-refractivity contribution < 1.29 is 49.8 Å². The molecule has 1 aliphatic rings. The number of benzene rings is 2. The Bertz CT molecular complexity index is 1270. The molecule has 0 aliphatic carbocycles. The number of nitrogens with zero attached hydrogens (tertiary/aromatic N) is 1. The molecule has 1 aliphatic heterocycles. The number of hydrogen-bond acceptors (Lipinski definition) is 5. The summed E-state index contributed by atoms with van der Waals surface area (Å²) >= 11 is 0. The summed E-state index contributed by atoms with van der Waals surface area (Å²) in [4.78, 5) is 24.7. The standard InChI is InChI=1S/C20H10F7NO4/c1-31-19(29)7-5-3-4-6-28(17(7)20(30)32-2)18-13(24)9-8(12(23)16(18)27)10(21)14(25)15(26)11(9)22/h3-6H,1-2H3. The zero-order valence-corrected chi connectivity index (χ0v) is 16.0. The monoisotopic (exact) mass is 461 g/mol. The lowest BCUT2D eigenvalue weighted by Crippen LogP contribution is -2.28. The van der Waals surface area contributed by atoms with E-state index in [2.05, 4.69) is 9.47 Å². The van der Waals surface area contributed by atoms with Gasteiger partial charge in [0.15, 0.2) is 40.7 Å². The molecule has 0 fully saturated rings. The molecule has 0 amide bonds. The van der Waals surface area contributed by atoms with E-state index in [1.807, 2.05) is 0 Å². The third-order valence-corrected chi connectivity index (χ3v) is 4.44.